The third-order valence-electron chi connectivity index (χ3n) is 2.32. The minimum absolute atomic E-state index is 0.0132. The van der Waals surface area contributed by atoms with E-state index in [1.54, 1.807) is 20.8 Å². The van der Waals surface area contributed by atoms with Gasteiger partial charge in [-0.2, -0.15) is 0 Å². The Morgan fingerprint density at radius 3 is 2.50 bits per heavy atom. The first-order valence-electron chi connectivity index (χ1n) is 5.32. The lowest BCUT2D eigenvalue weighted by atomic mass is 9.91. The van der Waals surface area contributed by atoms with Crippen molar-refractivity contribution in [3.05, 3.63) is 33.3 Å². The Morgan fingerprint density at radius 2 is 2.06 bits per heavy atom. The van der Waals surface area contributed by atoms with Crippen LogP contribution in [-0.4, -0.2) is 17.3 Å². The molecule has 0 radical (unpaired) electrons. The molecule has 0 aromatic heterocycles. The quantitative estimate of drug-likeness (QED) is 0.623. The lowest BCUT2D eigenvalue weighted by Crippen LogP contribution is -2.26. The van der Waals surface area contributed by atoms with Crippen molar-refractivity contribution in [2.45, 2.75) is 20.8 Å². The molecule has 0 saturated heterocycles. The standard InChI is InChI=1S/C12H14ClNO4/c1-12(2,3)11(15)7-18-8-4-5-10(14(16)17)9(13)6-8/h4-6H,7H2,1-3H3. The summed E-state index contributed by atoms with van der Waals surface area (Å²) in [5, 5.41) is 10.5. The summed E-state index contributed by atoms with van der Waals surface area (Å²) >= 11 is 5.72. The molecule has 1 aromatic rings. The molecular weight excluding hydrogens is 258 g/mol. The molecule has 0 atom stereocenters. The number of Topliss-reactive ketones (excluding diaryl/α,β-unsaturated/α-hetero) is 1. The second kappa shape index (κ2) is 5.35. The average Bonchev–Trinajstić information content (AvgIpc) is 2.24. The lowest BCUT2D eigenvalue weighted by Gasteiger charge is -2.16. The number of nitro benzene ring substituents is 1. The molecule has 18 heavy (non-hydrogen) atoms. The van der Waals surface area contributed by atoms with Crippen molar-refractivity contribution in [3.8, 4) is 5.75 Å². The van der Waals surface area contributed by atoms with E-state index in [4.69, 9.17) is 16.3 Å². The number of rotatable bonds is 4. The van der Waals surface area contributed by atoms with Crippen molar-refractivity contribution in [1.82, 2.24) is 0 Å². The van der Waals surface area contributed by atoms with Gasteiger partial charge >= 0.3 is 0 Å². The van der Waals surface area contributed by atoms with Crippen LogP contribution in [0.25, 0.3) is 0 Å². The van der Waals surface area contributed by atoms with Crippen LogP contribution in [0.2, 0.25) is 5.02 Å². The van der Waals surface area contributed by atoms with E-state index in [9.17, 15) is 14.9 Å². The van der Waals surface area contributed by atoms with E-state index in [1.165, 1.54) is 18.2 Å². The van der Waals surface area contributed by atoms with Gasteiger partial charge in [0.05, 0.1) is 4.92 Å². The minimum Gasteiger partial charge on any atom is -0.486 e. The van der Waals surface area contributed by atoms with Crippen LogP contribution in [0.3, 0.4) is 0 Å². The first-order valence-corrected chi connectivity index (χ1v) is 5.69. The molecule has 0 saturated carbocycles. The monoisotopic (exact) mass is 271 g/mol. The SMILES string of the molecule is CC(C)(C)C(=O)COc1ccc([N+](=O)[O-])c(Cl)c1. The summed E-state index contributed by atoms with van der Waals surface area (Å²) < 4.78 is 5.25. The molecule has 0 N–H and O–H groups in total. The molecule has 6 heteroatoms. The van der Waals surface area contributed by atoms with Gasteiger partial charge in [0.2, 0.25) is 0 Å². The van der Waals surface area contributed by atoms with Crippen LogP contribution in [0.15, 0.2) is 18.2 Å². The Labute approximate surface area is 110 Å². The number of carbonyl (C=O) groups excluding carboxylic acids is 1. The van der Waals surface area contributed by atoms with E-state index < -0.39 is 10.3 Å². The summed E-state index contributed by atoms with van der Waals surface area (Å²) in [6.45, 7) is 5.29. The van der Waals surface area contributed by atoms with Crippen molar-refractivity contribution < 1.29 is 14.5 Å². The van der Waals surface area contributed by atoms with Crippen molar-refractivity contribution in [2.24, 2.45) is 5.41 Å². The minimum atomic E-state index is -0.577. The zero-order valence-corrected chi connectivity index (χ0v) is 11.2. The summed E-state index contributed by atoms with van der Waals surface area (Å²) in [6.07, 6.45) is 0. The molecule has 1 aromatic carbocycles. The molecule has 0 spiro atoms. The van der Waals surface area contributed by atoms with Crippen molar-refractivity contribution in [3.63, 3.8) is 0 Å². The van der Waals surface area contributed by atoms with Crippen molar-refractivity contribution >= 4 is 23.1 Å². The van der Waals surface area contributed by atoms with E-state index in [2.05, 4.69) is 0 Å². The lowest BCUT2D eigenvalue weighted by molar-refractivity contribution is -0.384. The first kappa shape index (κ1) is 14.4. The molecule has 0 unspecified atom stereocenters. The fraction of sp³-hybridized carbons (Fsp3) is 0.417. The molecule has 0 heterocycles. The van der Waals surface area contributed by atoms with Gasteiger partial charge in [0.25, 0.3) is 5.69 Å². The van der Waals surface area contributed by atoms with E-state index >= 15 is 0 Å². The molecule has 0 aliphatic rings. The maximum absolute atomic E-state index is 11.6. The molecule has 0 bridgehead atoms. The van der Waals surface area contributed by atoms with Gasteiger partial charge in [0.15, 0.2) is 5.78 Å². The highest BCUT2D eigenvalue weighted by Gasteiger charge is 2.22. The van der Waals surface area contributed by atoms with Gasteiger partial charge in [-0.15, -0.1) is 0 Å². The Bertz CT molecular complexity index is 479. The fourth-order valence-electron chi connectivity index (χ4n) is 1.09. The van der Waals surface area contributed by atoms with Crippen molar-refractivity contribution in [1.29, 1.82) is 0 Å². The predicted octanol–water partition coefficient (Wildman–Crippen LogP) is 3.24. The Balaban J connectivity index is 2.73. The number of hydrogen-bond acceptors (Lipinski definition) is 4. The van der Waals surface area contributed by atoms with Gasteiger partial charge in [0.1, 0.15) is 17.4 Å². The third-order valence-corrected chi connectivity index (χ3v) is 2.63. The van der Waals surface area contributed by atoms with Crippen LogP contribution in [-0.2, 0) is 4.79 Å². The Hall–Kier alpha value is -1.62. The Kier molecular flexibility index (Phi) is 4.29. The molecule has 0 aliphatic carbocycles. The van der Waals surface area contributed by atoms with Gasteiger partial charge in [-0.1, -0.05) is 32.4 Å². The maximum Gasteiger partial charge on any atom is 0.288 e. The molecule has 1 rings (SSSR count). The van der Waals surface area contributed by atoms with Gasteiger partial charge in [-0.25, -0.2) is 0 Å². The first-order chi connectivity index (χ1) is 8.21. The van der Waals surface area contributed by atoms with E-state index in [0.29, 0.717) is 5.75 Å². The normalized spacial score (nSPS) is 11.1. The average molecular weight is 272 g/mol. The maximum atomic E-state index is 11.6. The molecule has 0 fully saturated rings. The van der Waals surface area contributed by atoms with Gasteiger partial charge < -0.3 is 4.74 Å². The molecule has 5 nitrogen and oxygen atoms in total. The summed E-state index contributed by atoms with van der Waals surface area (Å²) in [5.74, 6) is 0.278. The summed E-state index contributed by atoms with van der Waals surface area (Å²) in [6, 6.07) is 3.99. The van der Waals surface area contributed by atoms with E-state index in [-0.39, 0.29) is 23.1 Å². The smallest absolute Gasteiger partial charge is 0.288 e. The van der Waals surface area contributed by atoms with Crippen LogP contribution >= 0.6 is 11.6 Å². The van der Waals surface area contributed by atoms with Gasteiger partial charge in [-0.05, 0) is 6.07 Å². The number of ketones is 1. The second-order valence-electron chi connectivity index (χ2n) is 4.83. The zero-order chi connectivity index (χ0) is 13.9. The van der Waals surface area contributed by atoms with Gasteiger partial charge in [0, 0.05) is 17.5 Å². The molecule has 0 amide bonds. The highest BCUT2D eigenvalue weighted by atomic mass is 35.5. The van der Waals surface area contributed by atoms with Crippen LogP contribution in [0.4, 0.5) is 5.69 Å². The number of halogens is 1. The topological polar surface area (TPSA) is 69.4 Å². The molecule has 98 valence electrons. The third kappa shape index (κ3) is 3.70. The fourth-order valence-corrected chi connectivity index (χ4v) is 1.33. The summed E-state index contributed by atoms with van der Waals surface area (Å²) in [4.78, 5) is 21.6. The van der Waals surface area contributed by atoms with Crippen molar-refractivity contribution in [2.75, 3.05) is 6.61 Å². The van der Waals surface area contributed by atoms with Gasteiger partial charge in [-0.3, -0.25) is 14.9 Å². The van der Waals surface area contributed by atoms with Crippen LogP contribution in [0.5, 0.6) is 5.75 Å². The number of nitrogens with zero attached hydrogens (tertiary/aromatic N) is 1. The number of hydrogen-bond donors (Lipinski definition) is 0. The predicted molar refractivity (Wildman–Crippen MR) is 68.1 cm³/mol. The largest absolute Gasteiger partial charge is 0.486 e. The molecule has 0 aliphatic heterocycles. The van der Waals surface area contributed by atoms with Crippen LogP contribution in [0.1, 0.15) is 20.8 Å². The summed E-state index contributed by atoms with van der Waals surface area (Å²) in [7, 11) is 0. The second-order valence-corrected chi connectivity index (χ2v) is 5.24. The number of benzene rings is 1. The Morgan fingerprint density at radius 1 is 1.44 bits per heavy atom. The number of carbonyl (C=O) groups is 1. The van der Waals surface area contributed by atoms with E-state index in [1.807, 2.05) is 0 Å². The highest BCUT2D eigenvalue weighted by Crippen LogP contribution is 2.28. The summed E-state index contributed by atoms with van der Waals surface area (Å²) in [5.41, 5.74) is -0.670. The highest BCUT2D eigenvalue weighted by molar-refractivity contribution is 6.32. The number of ether oxygens (including phenoxy) is 1. The van der Waals surface area contributed by atoms with Crippen LogP contribution in [0, 0.1) is 15.5 Å². The van der Waals surface area contributed by atoms with Crippen LogP contribution < -0.4 is 4.74 Å². The molecular formula is C12H14ClNO4. The van der Waals surface area contributed by atoms with E-state index in [0.717, 1.165) is 0 Å². The number of nitro groups is 1. The zero-order valence-electron chi connectivity index (χ0n) is 10.4.